The van der Waals surface area contributed by atoms with Crippen molar-refractivity contribution in [2.45, 2.75) is 26.3 Å². The minimum Gasteiger partial charge on any atom is -0.324 e. The maximum absolute atomic E-state index is 13.5. The fraction of sp³-hybridized carbons (Fsp3) is 0.333. The van der Waals surface area contributed by atoms with Crippen LogP contribution in [-0.2, 0) is 0 Å². The highest BCUT2D eigenvalue weighted by atomic mass is 35.5. The quantitative estimate of drug-likeness (QED) is 0.811. The van der Waals surface area contributed by atoms with Gasteiger partial charge in [0.15, 0.2) is 11.6 Å². The van der Waals surface area contributed by atoms with Gasteiger partial charge in [0.1, 0.15) is 0 Å². The lowest BCUT2D eigenvalue weighted by Gasteiger charge is -2.13. The van der Waals surface area contributed by atoms with Gasteiger partial charge >= 0.3 is 0 Å². The molecular formula is C12H16ClF2N. The monoisotopic (exact) mass is 247 g/mol. The highest BCUT2D eigenvalue weighted by Crippen LogP contribution is 2.23. The topological polar surface area (TPSA) is 26.0 Å². The molecule has 0 saturated carbocycles. The van der Waals surface area contributed by atoms with E-state index in [1.54, 1.807) is 0 Å². The molecule has 0 unspecified atom stereocenters. The van der Waals surface area contributed by atoms with Crippen LogP contribution in [0.1, 0.15) is 30.5 Å². The molecule has 90 valence electrons. The molecule has 4 heteroatoms. The van der Waals surface area contributed by atoms with Gasteiger partial charge in [-0.2, -0.15) is 0 Å². The molecule has 2 N–H and O–H groups in total. The first-order valence-corrected chi connectivity index (χ1v) is 4.78. The third-order valence-corrected chi connectivity index (χ3v) is 2.27. The van der Waals surface area contributed by atoms with E-state index >= 15 is 0 Å². The van der Waals surface area contributed by atoms with E-state index in [9.17, 15) is 8.78 Å². The van der Waals surface area contributed by atoms with E-state index in [1.807, 2.05) is 6.92 Å². The van der Waals surface area contributed by atoms with E-state index in [1.165, 1.54) is 19.1 Å². The Morgan fingerprint density at radius 3 is 2.44 bits per heavy atom. The predicted octanol–water partition coefficient (Wildman–Crippen LogP) is 3.66. The largest absolute Gasteiger partial charge is 0.324 e. The van der Waals surface area contributed by atoms with Crippen LogP contribution in [0.15, 0.2) is 24.3 Å². The Bertz CT molecular complexity index is 391. The molecule has 0 spiro atoms. The first-order valence-electron chi connectivity index (χ1n) is 4.78. The summed E-state index contributed by atoms with van der Waals surface area (Å²) in [5.74, 6) is -1.66. The Hall–Kier alpha value is -0.930. The van der Waals surface area contributed by atoms with Crippen molar-refractivity contribution in [1.82, 2.24) is 0 Å². The SMILES string of the molecule is C=C(C)C[C@H](N)c1ccc(C)c(F)c1F.Cl. The molecule has 0 aliphatic carbocycles. The van der Waals surface area contributed by atoms with Crippen LogP contribution in [0.5, 0.6) is 0 Å². The fourth-order valence-electron chi connectivity index (χ4n) is 1.43. The van der Waals surface area contributed by atoms with Crippen molar-refractivity contribution in [2.75, 3.05) is 0 Å². The number of hydrogen-bond donors (Lipinski definition) is 1. The summed E-state index contributed by atoms with van der Waals surface area (Å²) in [5.41, 5.74) is 7.10. The maximum Gasteiger partial charge on any atom is 0.163 e. The Kier molecular flexibility index (Phi) is 5.62. The maximum atomic E-state index is 13.5. The van der Waals surface area contributed by atoms with Gasteiger partial charge in [-0.15, -0.1) is 19.0 Å². The Morgan fingerprint density at radius 2 is 1.94 bits per heavy atom. The summed E-state index contributed by atoms with van der Waals surface area (Å²) in [5, 5.41) is 0. The second-order valence-corrected chi connectivity index (χ2v) is 3.87. The smallest absolute Gasteiger partial charge is 0.163 e. The lowest BCUT2D eigenvalue weighted by atomic mass is 9.99. The first kappa shape index (κ1) is 15.1. The lowest BCUT2D eigenvalue weighted by molar-refractivity contribution is 0.483. The van der Waals surface area contributed by atoms with Crippen LogP contribution in [0.3, 0.4) is 0 Å². The zero-order chi connectivity index (χ0) is 11.6. The molecular weight excluding hydrogens is 232 g/mol. The van der Waals surface area contributed by atoms with Crippen LogP contribution in [0.2, 0.25) is 0 Å². The Labute approximate surface area is 101 Å². The summed E-state index contributed by atoms with van der Waals surface area (Å²) in [6.07, 6.45) is 0.458. The van der Waals surface area contributed by atoms with Crippen molar-refractivity contribution in [2.24, 2.45) is 5.73 Å². The van der Waals surface area contributed by atoms with Crippen LogP contribution in [0.25, 0.3) is 0 Å². The van der Waals surface area contributed by atoms with Gasteiger partial charge < -0.3 is 5.73 Å². The fourth-order valence-corrected chi connectivity index (χ4v) is 1.43. The highest BCUT2D eigenvalue weighted by molar-refractivity contribution is 5.85. The zero-order valence-corrected chi connectivity index (χ0v) is 10.2. The molecule has 1 atom stereocenters. The molecule has 0 heterocycles. The van der Waals surface area contributed by atoms with Gasteiger partial charge in [-0.1, -0.05) is 17.7 Å². The van der Waals surface area contributed by atoms with Gasteiger partial charge in [-0.25, -0.2) is 8.78 Å². The third-order valence-electron chi connectivity index (χ3n) is 2.27. The normalized spacial score (nSPS) is 11.8. The summed E-state index contributed by atoms with van der Waals surface area (Å²) in [4.78, 5) is 0. The van der Waals surface area contributed by atoms with Gasteiger partial charge in [-0.3, -0.25) is 0 Å². The third kappa shape index (κ3) is 3.29. The summed E-state index contributed by atoms with van der Waals surface area (Å²) >= 11 is 0. The van der Waals surface area contributed by atoms with Crippen LogP contribution in [0, 0.1) is 18.6 Å². The highest BCUT2D eigenvalue weighted by Gasteiger charge is 2.16. The molecule has 0 aliphatic heterocycles. The molecule has 0 aromatic heterocycles. The van der Waals surface area contributed by atoms with Gasteiger partial charge in [0, 0.05) is 11.6 Å². The minimum atomic E-state index is -0.844. The molecule has 0 saturated heterocycles. The van der Waals surface area contributed by atoms with Crippen molar-refractivity contribution >= 4 is 12.4 Å². The molecule has 1 aromatic rings. The number of halogens is 3. The number of aryl methyl sites for hydroxylation is 1. The van der Waals surface area contributed by atoms with E-state index in [0.29, 0.717) is 12.0 Å². The van der Waals surface area contributed by atoms with Gasteiger partial charge in [0.2, 0.25) is 0 Å². The molecule has 0 amide bonds. The summed E-state index contributed by atoms with van der Waals surface area (Å²) in [6, 6.07) is 2.53. The van der Waals surface area contributed by atoms with E-state index in [0.717, 1.165) is 5.57 Å². The van der Waals surface area contributed by atoms with Gasteiger partial charge in [0.05, 0.1) is 0 Å². The van der Waals surface area contributed by atoms with Crippen molar-refractivity contribution < 1.29 is 8.78 Å². The van der Waals surface area contributed by atoms with Gasteiger partial charge in [-0.05, 0) is 25.8 Å². The van der Waals surface area contributed by atoms with Crippen molar-refractivity contribution in [3.8, 4) is 0 Å². The Morgan fingerprint density at radius 1 is 1.38 bits per heavy atom. The number of benzene rings is 1. The molecule has 0 aliphatic rings. The number of nitrogens with two attached hydrogens (primary N) is 1. The van der Waals surface area contributed by atoms with Crippen molar-refractivity contribution in [3.05, 3.63) is 47.0 Å². The summed E-state index contributed by atoms with van der Waals surface area (Å²) in [7, 11) is 0. The molecule has 0 radical (unpaired) electrons. The van der Waals surface area contributed by atoms with Crippen LogP contribution in [0.4, 0.5) is 8.78 Å². The molecule has 0 bridgehead atoms. The second-order valence-electron chi connectivity index (χ2n) is 3.87. The van der Waals surface area contributed by atoms with Crippen molar-refractivity contribution in [1.29, 1.82) is 0 Å². The molecule has 16 heavy (non-hydrogen) atoms. The second kappa shape index (κ2) is 5.97. The molecule has 1 rings (SSSR count). The van der Waals surface area contributed by atoms with E-state index in [-0.39, 0.29) is 18.0 Å². The van der Waals surface area contributed by atoms with Crippen molar-refractivity contribution in [3.63, 3.8) is 0 Å². The van der Waals surface area contributed by atoms with E-state index in [4.69, 9.17) is 5.73 Å². The zero-order valence-electron chi connectivity index (χ0n) is 9.39. The van der Waals surface area contributed by atoms with E-state index in [2.05, 4.69) is 6.58 Å². The summed E-state index contributed by atoms with van der Waals surface area (Å²) < 4.78 is 26.7. The summed E-state index contributed by atoms with van der Waals surface area (Å²) in [6.45, 7) is 7.02. The van der Waals surface area contributed by atoms with Crippen LogP contribution < -0.4 is 5.73 Å². The number of hydrogen-bond acceptors (Lipinski definition) is 1. The Balaban J connectivity index is 0.00000225. The number of rotatable bonds is 3. The average Bonchev–Trinajstić information content (AvgIpc) is 2.13. The molecule has 1 aromatic carbocycles. The predicted molar refractivity (Wildman–Crippen MR) is 64.7 cm³/mol. The molecule has 0 fully saturated rings. The lowest BCUT2D eigenvalue weighted by Crippen LogP contribution is -2.13. The standard InChI is InChI=1S/C12H15F2N.ClH/c1-7(2)6-10(15)9-5-4-8(3)11(13)12(9)14;/h4-5,10H,1,6,15H2,2-3H3;1H/t10-;/m0./s1. The van der Waals surface area contributed by atoms with Crippen LogP contribution >= 0.6 is 12.4 Å². The average molecular weight is 248 g/mol. The van der Waals surface area contributed by atoms with Crippen LogP contribution in [-0.4, -0.2) is 0 Å². The van der Waals surface area contributed by atoms with E-state index < -0.39 is 17.7 Å². The molecule has 1 nitrogen and oxygen atoms in total. The van der Waals surface area contributed by atoms with Gasteiger partial charge in [0.25, 0.3) is 0 Å². The minimum absolute atomic E-state index is 0. The first-order chi connectivity index (χ1) is 6.93.